The van der Waals surface area contributed by atoms with E-state index in [9.17, 15) is 4.79 Å². The van der Waals surface area contributed by atoms with Crippen LogP contribution in [0.2, 0.25) is 0 Å². The summed E-state index contributed by atoms with van der Waals surface area (Å²) in [4.78, 5) is 12.2. The summed E-state index contributed by atoms with van der Waals surface area (Å²) in [5.74, 6) is 0.823. The maximum Gasteiger partial charge on any atom is 0.174 e. The first-order valence-electron chi connectivity index (χ1n) is 6.48. The summed E-state index contributed by atoms with van der Waals surface area (Å²) < 4.78 is 2.25. The predicted molar refractivity (Wildman–Crippen MR) is 80.8 cm³/mol. The molecule has 0 N–H and O–H groups in total. The smallest absolute Gasteiger partial charge is 0.174 e. The Morgan fingerprint density at radius 1 is 1.33 bits per heavy atom. The Kier molecular flexibility index (Phi) is 4.71. The molecule has 0 aromatic carbocycles. The summed E-state index contributed by atoms with van der Waals surface area (Å²) in [7, 11) is 0. The Balaban J connectivity index is 3.02. The lowest BCUT2D eigenvalue weighted by molar-refractivity contribution is 0.102. The van der Waals surface area contributed by atoms with E-state index in [1.165, 1.54) is 0 Å². The zero-order valence-corrected chi connectivity index (χ0v) is 13.4. The Morgan fingerprint density at radius 3 is 2.28 bits per heavy atom. The van der Waals surface area contributed by atoms with E-state index in [1.807, 2.05) is 13.0 Å². The molecule has 0 radical (unpaired) electrons. The van der Waals surface area contributed by atoms with Gasteiger partial charge in [0.15, 0.2) is 5.78 Å². The van der Waals surface area contributed by atoms with E-state index in [4.69, 9.17) is 0 Å². The Labute approximate surface area is 115 Å². The highest BCUT2D eigenvalue weighted by atomic mass is 32.2. The minimum atomic E-state index is 0.0257. The van der Waals surface area contributed by atoms with Crippen molar-refractivity contribution in [3.05, 3.63) is 23.0 Å². The third-order valence-electron chi connectivity index (χ3n) is 2.95. The molecule has 18 heavy (non-hydrogen) atoms. The van der Waals surface area contributed by atoms with Crippen molar-refractivity contribution >= 4 is 17.5 Å². The fourth-order valence-electron chi connectivity index (χ4n) is 2.40. The number of rotatable bonds is 4. The van der Waals surface area contributed by atoms with Crippen molar-refractivity contribution in [1.29, 1.82) is 0 Å². The van der Waals surface area contributed by atoms with Crippen LogP contribution in [-0.4, -0.2) is 21.4 Å². The van der Waals surface area contributed by atoms with Crippen molar-refractivity contribution in [3.63, 3.8) is 0 Å². The second kappa shape index (κ2) is 5.52. The van der Waals surface area contributed by atoms with Crippen LogP contribution < -0.4 is 0 Å². The summed E-state index contributed by atoms with van der Waals surface area (Å²) in [5, 5.41) is 0.500. The van der Waals surface area contributed by atoms with Crippen molar-refractivity contribution in [3.8, 4) is 0 Å². The SMILES string of the molecule is Cc1cc(C(=O)CSC(C)C)c(C)n1C(C)(C)C. The van der Waals surface area contributed by atoms with Gasteiger partial charge >= 0.3 is 0 Å². The normalized spacial score (nSPS) is 12.2. The van der Waals surface area contributed by atoms with Crippen molar-refractivity contribution in [1.82, 2.24) is 4.57 Å². The first kappa shape index (κ1) is 15.4. The largest absolute Gasteiger partial charge is 0.343 e. The third-order valence-corrected chi connectivity index (χ3v) is 4.05. The third kappa shape index (κ3) is 3.41. The van der Waals surface area contributed by atoms with Gasteiger partial charge in [-0.2, -0.15) is 11.8 Å². The van der Waals surface area contributed by atoms with Crippen LogP contribution in [0.25, 0.3) is 0 Å². The van der Waals surface area contributed by atoms with Gasteiger partial charge in [0.25, 0.3) is 0 Å². The van der Waals surface area contributed by atoms with Crippen LogP contribution in [0, 0.1) is 13.8 Å². The van der Waals surface area contributed by atoms with Crippen molar-refractivity contribution in [2.75, 3.05) is 5.75 Å². The van der Waals surface area contributed by atoms with E-state index in [0.717, 1.165) is 17.0 Å². The van der Waals surface area contributed by atoms with Crippen LogP contribution in [-0.2, 0) is 5.54 Å². The molecular weight excluding hydrogens is 242 g/mol. The molecule has 0 aliphatic rings. The number of thioether (sulfide) groups is 1. The zero-order chi connectivity index (χ0) is 14.1. The fourth-order valence-corrected chi connectivity index (χ4v) is 3.04. The monoisotopic (exact) mass is 267 g/mol. The average Bonchev–Trinajstić information content (AvgIpc) is 2.49. The van der Waals surface area contributed by atoms with Gasteiger partial charge in [-0.3, -0.25) is 4.79 Å². The van der Waals surface area contributed by atoms with Crippen molar-refractivity contribution in [2.24, 2.45) is 0 Å². The van der Waals surface area contributed by atoms with Crippen molar-refractivity contribution < 1.29 is 4.79 Å². The number of hydrogen-bond donors (Lipinski definition) is 0. The van der Waals surface area contributed by atoms with Crippen LogP contribution in [0.3, 0.4) is 0 Å². The van der Waals surface area contributed by atoms with Crippen LogP contribution in [0.15, 0.2) is 6.07 Å². The van der Waals surface area contributed by atoms with E-state index in [-0.39, 0.29) is 11.3 Å². The highest BCUT2D eigenvalue weighted by molar-refractivity contribution is 8.00. The van der Waals surface area contributed by atoms with Crippen LogP contribution in [0.5, 0.6) is 0 Å². The van der Waals surface area contributed by atoms with Gasteiger partial charge in [0.2, 0.25) is 0 Å². The first-order chi connectivity index (χ1) is 8.14. The van der Waals surface area contributed by atoms with Crippen molar-refractivity contribution in [2.45, 2.75) is 59.3 Å². The van der Waals surface area contributed by atoms with Gasteiger partial charge in [0.05, 0.1) is 5.75 Å². The minimum absolute atomic E-state index is 0.0257. The number of hydrogen-bond acceptors (Lipinski definition) is 2. The molecule has 102 valence electrons. The molecule has 0 saturated carbocycles. The molecule has 1 aromatic heterocycles. The standard InChI is InChI=1S/C15H25NOS/c1-10(2)18-9-14(17)13-8-11(3)16(12(13)4)15(5,6)7/h8,10H,9H2,1-7H3. The summed E-state index contributed by atoms with van der Waals surface area (Å²) in [6.07, 6.45) is 0. The molecule has 0 aliphatic heterocycles. The molecule has 1 aromatic rings. The Hall–Kier alpha value is -0.700. The Bertz CT molecular complexity index is 438. The zero-order valence-electron chi connectivity index (χ0n) is 12.6. The molecule has 0 fully saturated rings. The molecule has 1 rings (SSSR count). The molecule has 0 bridgehead atoms. The van der Waals surface area contributed by atoms with Gasteiger partial charge in [0, 0.05) is 22.5 Å². The molecular formula is C15H25NOS. The maximum atomic E-state index is 12.2. The van der Waals surface area contributed by atoms with Gasteiger partial charge < -0.3 is 4.57 Å². The van der Waals surface area contributed by atoms with Gasteiger partial charge in [-0.1, -0.05) is 13.8 Å². The van der Waals surface area contributed by atoms with E-state index in [2.05, 4.69) is 46.1 Å². The van der Waals surface area contributed by atoms with Gasteiger partial charge in [-0.05, 0) is 45.9 Å². The van der Waals surface area contributed by atoms with Crippen LogP contribution >= 0.6 is 11.8 Å². The fraction of sp³-hybridized carbons (Fsp3) is 0.667. The highest BCUT2D eigenvalue weighted by Crippen LogP contribution is 2.25. The van der Waals surface area contributed by atoms with E-state index < -0.39 is 0 Å². The lowest BCUT2D eigenvalue weighted by Crippen LogP contribution is -2.24. The number of Topliss-reactive ketones (excluding diaryl/α,β-unsaturated/α-hetero) is 1. The number of nitrogens with zero attached hydrogens (tertiary/aromatic N) is 1. The van der Waals surface area contributed by atoms with Gasteiger partial charge in [-0.15, -0.1) is 0 Å². The summed E-state index contributed by atoms with van der Waals surface area (Å²) in [6.45, 7) is 14.9. The number of aryl methyl sites for hydroxylation is 1. The lowest BCUT2D eigenvalue weighted by Gasteiger charge is -2.25. The van der Waals surface area contributed by atoms with Gasteiger partial charge in [-0.25, -0.2) is 0 Å². The van der Waals surface area contributed by atoms with Crippen LogP contribution in [0.4, 0.5) is 0 Å². The number of ketones is 1. The highest BCUT2D eigenvalue weighted by Gasteiger charge is 2.22. The predicted octanol–water partition coefficient (Wildman–Crippen LogP) is 4.18. The second-order valence-electron chi connectivity index (χ2n) is 6.07. The molecule has 1 heterocycles. The molecule has 0 saturated heterocycles. The number of carbonyl (C=O) groups is 1. The first-order valence-corrected chi connectivity index (χ1v) is 7.53. The number of carbonyl (C=O) groups excluding carboxylic acids is 1. The number of aromatic nitrogens is 1. The summed E-state index contributed by atoms with van der Waals surface area (Å²) in [6, 6.07) is 2.03. The minimum Gasteiger partial charge on any atom is -0.343 e. The summed E-state index contributed by atoms with van der Waals surface area (Å²) in [5.41, 5.74) is 3.17. The maximum absolute atomic E-state index is 12.2. The molecule has 0 unspecified atom stereocenters. The molecule has 0 aliphatic carbocycles. The molecule has 0 spiro atoms. The molecule has 2 nitrogen and oxygen atoms in total. The van der Waals surface area contributed by atoms with Gasteiger partial charge in [0.1, 0.15) is 0 Å². The quantitative estimate of drug-likeness (QED) is 0.763. The average molecular weight is 267 g/mol. The molecule has 0 amide bonds. The van der Waals surface area contributed by atoms with E-state index in [0.29, 0.717) is 11.0 Å². The van der Waals surface area contributed by atoms with E-state index >= 15 is 0 Å². The lowest BCUT2D eigenvalue weighted by atomic mass is 10.1. The van der Waals surface area contributed by atoms with E-state index in [1.54, 1.807) is 11.8 Å². The molecule has 0 atom stereocenters. The van der Waals surface area contributed by atoms with Crippen LogP contribution in [0.1, 0.15) is 56.4 Å². The Morgan fingerprint density at radius 2 is 1.89 bits per heavy atom. The molecule has 3 heteroatoms. The second-order valence-corrected chi connectivity index (χ2v) is 7.64. The summed E-state index contributed by atoms with van der Waals surface area (Å²) >= 11 is 1.71. The topological polar surface area (TPSA) is 22.0 Å².